The van der Waals surface area contributed by atoms with Crippen LogP contribution in [0.3, 0.4) is 0 Å². The third kappa shape index (κ3) is 2.70. The van der Waals surface area contributed by atoms with Crippen molar-refractivity contribution in [2.45, 2.75) is 56.0 Å². The van der Waals surface area contributed by atoms with Crippen LogP contribution < -0.4 is 5.32 Å². The number of benzene rings is 1. The molecule has 1 unspecified atom stereocenters. The molecule has 1 spiro atoms. The standard InChI is InChI=1S/C20H31N3O/c1-22(2)20(17-6-4-3-5-7-17)12-10-19(11-13-20)15-21-18(24)23(19)14-16-8-9-16/h3-7,16,18,21,24H,8-15H2,1-2H3/t18?,19-,20+. The quantitative estimate of drug-likeness (QED) is 0.889. The van der Waals surface area contributed by atoms with Gasteiger partial charge in [-0.15, -0.1) is 0 Å². The monoisotopic (exact) mass is 329 g/mol. The molecule has 2 aliphatic carbocycles. The third-order valence-electron chi connectivity index (χ3n) is 6.85. The van der Waals surface area contributed by atoms with Crippen LogP contribution in [-0.4, -0.2) is 54.0 Å². The Hall–Kier alpha value is -0.940. The number of hydrogen-bond donors (Lipinski definition) is 2. The number of aliphatic hydroxyl groups excluding tert-OH is 1. The summed E-state index contributed by atoms with van der Waals surface area (Å²) in [6.45, 7) is 1.99. The van der Waals surface area contributed by atoms with Gasteiger partial charge in [0.2, 0.25) is 0 Å². The van der Waals surface area contributed by atoms with Crippen molar-refractivity contribution in [3.63, 3.8) is 0 Å². The number of aliphatic hydroxyl groups is 1. The van der Waals surface area contributed by atoms with E-state index in [1.165, 1.54) is 18.4 Å². The normalized spacial score (nSPS) is 37.4. The summed E-state index contributed by atoms with van der Waals surface area (Å²) in [6, 6.07) is 11.0. The molecule has 0 bridgehead atoms. The van der Waals surface area contributed by atoms with E-state index in [0.29, 0.717) is 0 Å². The molecule has 4 rings (SSSR count). The second-order valence-electron chi connectivity index (χ2n) is 8.37. The van der Waals surface area contributed by atoms with Gasteiger partial charge in [-0.1, -0.05) is 30.3 Å². The molecule has 1 heterocycles. The second-order valence-corrected chi connectivity index (χ2v) is 8.37. The lowest BCUT2D eigenvalue weighted by molar-refractivity contribution is -0.0607. The Balaban J connectivity index is 1.56. The van der Waals surface area contributed by atoms with Crippen molar-refractivity contribution in [3.8, 4) is 0 Å². The van der Waals surface area contributed by atoms with Gasteiger partial charge in [-0.2, -0.15) is 0 Å². The van der Waals surface area contributed by atoms with E-state index in [4.69, 9.17) is 0 Å². The van der Waals surface area contributed by atoms with Crippen LogP contribution in [0.25, 0.3) is 0 Å². The molecule has 4 heteroatoms. The van der Waals surface area contributed by atoms with E-state index in [2.05, 4.69) is 59.5 Å². The summed E-state index contributed by atoms with van der Waals surface area (Å²) < 4.78 is 0. The molecule has 2 saturated carbocycles. The molecule has 1 saturated heterocycles. The Kier molecular flexibility index (Phi) is 4.20. The zero-order chi connectivity index (χ0) is 16.8. The lowest BCUT2D eigenvalue weighted by Gasteiger charge is -2.51. The topological polar surface area (TPSA) is 38.7 Å². The van der Waals surface area contributed by atoms with Crippen molar-refractivity contribution in [1.29, 1.82) is 0 Å². The maximum Gasteiger partial charge on any atom is 0.163 e. The molecule has 24 heavy (non-hydrogen) atoms. The molecule has 0 amide bonds. The third-order valence-corrected chi connectivity index (χ3v) is 6.85. The van der Waals surface area contributed by atoms with Crippen molar-refractivity contribution < 1.29 is 5.11 Å². The first-order valence-corrected chi connectivity index (χ1v) is 9.47. The molecular formula is C20H31N3O. The highest BCUT2D eigenvalue weighted by Gasteiger charge is 2.52. The van der Waals surface area contributed by atoms with E-state index in [-0.39, 0.29) is 11.1 Å². The highest BCUT2D eigenvalue weighted by Crippen LogP contribution is 2.48. The van der Waals surface area contributed by atoms with Crippen LogP contribution in [0.2, 0.25) is 0 Å². The average molecular weight is 329 g/mol. The molecule has 1 aromatic carbocycles. The zero-order valence-electron chi connectivity index (χ0n) is 15.0. The first kappa shape index (κ1) is 16.5. The Labute approximate surface area is 145 Å². The van der Waals surface area contributed by atoms with Crippen LogP contribution in [-0.2, 0) is 5.54 Å². The SMILES string of the molecule is CN(C)[C@]1(c2ccccc2)CC[C@]2(CC1)CNC(O)N2CC1CC1. The largest absolute Gasteiger partial charge is 0.365 e. The lowest BCUT2D eigenvalue weighted by atomic mass is 9.68. The smallest absolute Gasteiger partial charge is 0.163 e. The molecule has 132 valence electrons. The van der Waals surface area contributed by atoms with Gasteiger partial charge in [0.25, 0.3) is 0 Å². The average Bonchev–Trinajstić information content (AvgIpc) is 3.38. The molecule has 3 fully saturated rings. The maximum absolute atomic E-state index is 10.4. The molecule has 1 aromatic rings. The van der Waals surface area contributed by atoms with Crippen molar-refractivity contribution in [2.75, 3.05) is 27.2 Å². The Morgan fingerprint density at radius 1 is 1.12 bits per heavy atom. The van der Waals surface area contributed by atoms with Gasteiger partial charge in [-0.25, -0.2) is 0 Å². The van der Waals surface area contributed by atoms with E-state index in [9.17, 15) is 5.11 Å². The summed E-state index contributed by atoms with van der Waals surface area (Å²) in [4.78, 5) is 4.80. The van der Waals surface area contributed by atoms with Crippen LogP contribution in [0.1, 0.15) is 44.1 Å². The predicted molar refractivity (Wildman–Crippen MR) is 96.4 cm³/mol. The second kappa shape index (κ2) is 6.10. The molecule has 0 aromatic heterocycles. The van der Waals surface area contributed by atoms with Gasteiger partial charge in [0, 0.05) is 24.2 Å². The Morgan fingerprint density at radius 2 is 1.79 bits per heavy atom. The zero-order valence-corrected chi connectivity index (χ0v) is 15.0. The molecule has 2 N–H and O–H groups in total. The Bertz CT molecular complexity index is 562. The summed E-state index contributed by atoms with van der Waals surface area (Å²) >= 11 is 0. The van der Waals surface area contributed by atoms with Crippen LogP contribution in [0.15, 0.2) is 30.3 Å². The first-order chi connectivity index (χ1) is 11.6. The highest BCUT2D eigenvalue weighted by molar-refractivity contribution is 5.26. The van der Waals surface area contributed by atoms with Crippen LogP contribution in [0.4, 0.5) is 0 Å². The van der Waals surface area contributed by atoms with Crippen LogP contribution >= 0.6 is 0 Å². The van der Waals surface area contributed by atoms with Gasteiger partial charge >= 0.3 is 0 Å². The molecular weight excluding hydrogens is 298 g/mol. The van der Waals surface area contributed by atoms with E-state index in [1.54, 1.807) is 0 Å². The number of nitrogens with one attached hydrogen (secondary N) is 1. The van der Waals surface area contributed by atoms with E-state index in [0.717, 1.165) is 44.7 Å². The van der Waals surface area contributed by atoms with Gasteiger partial charge in [0.1, 0.15) is 0 Å². The van der Waals surface area contributed by atoms with Gasteiger partial charge in [-0.3, -0.25) is 15.1 Å². The Morgan fingerprint density at radius 3 is 2.38 bits per heavy atom. The fourth-order valence-corrected chi connectivity index (χ4v) is 4.96. The van der Waals surface area contributed by atoms with Gasteiger partial charge in [0.15, 0.2) is 6.35 Å². The minimum atomic E-state index is -0.450. The summed E-state index contributed by atoms with van der Waals surface area (Å²) in [5.41, 5.74) is 1.71. The summed E-state index contributed by atoms with van der Waals surface area (Å²) in [6.07, 6.45) is 6.83. The van der Waals surface area contributed by atoms with Crippen molar-refractivity contribution >= 4 is 0 Å². The molecule has 1 atom stereocenters. The molecule has 3 aliphatic rings. The molecule has 0 radical (unpaired) electrons. The molecule has 4 nitrogen and oxygen atoms in total. The van der Waals surface area contributed by atoms with Gasteiger partial charge in [-0.05, 0) is 64.1 Å². The fourth-order valence-electron chi connectivity index (χ4n) is 4.96. The minimum absolute atomic E-state index is 0.130. The number of hydrogen-bond acceptors (Lipinski definition) is 4. The highest BCUT2D eigenvalue weighted by atomic mass is 16.3. The maximum atomic E-state index is 10.4. The fraction of sp³-hybridized carbons (Fsp3) is 0.700. The van der Waals surface area contributed by atoms with E-state index in [1.807, 2.05) is 0 Å². The van der Waals surface area contributed by atoms with Crippen molar-refractivity contribution in [2.24, 2.45) is 5.92 Å². The summed E-state index contributed by atoms with van der Waals surface area (Å²) in [5.74, 6) is 0.811. The van der Waals surface area contributed by atoms with Crippen molar-refractivity contribution in [3.05, 3.63) is 35.9 Å². The van der Waals surface area contributed by atoms with Crippen molar-refractivity contribution in [1.82, 2.24) is 15.1 Å². The van der Waals surface area contributed by atoms with Gasteiger partial charge in [0.05, 0.1) is 0 Å². The number of nitrogens with zero attached hydrogens (tertiary/aromatic N) is 2. The van der Waals surface area contributed by atoms with E-state index < -0.39 is 6.35 Å². The van der Waals surface area contributed by atoms with Crippen LogP contribution in [0, 0.1) is 5.92 Å². The lowest BCUT2D eigenvalue weighted by Crippen LogP contribution is -2.56. The van der Waals surface area contributed by atoms with E-state index >= 15 is 0 Å². The first-order valence-electron chi connectivity index (χ1n) is 9.47. The van der Waals surface area contributed by atoms with Crippen LogP contribution in [0.5, 0.6) is 0 Å². The van der Waals surface area contributed by atoms with Gasteiger partial charge < -0.3 is 5.11 Å². The minimum Gasteiger partial charge on any atom is -0.365 e. The number of rotatable bonds is 4. The summed E-state index contributed by atoms with van der Waals surface area (Å²) in [7, 11) is 4.43. The summed E-state index contributed by atoms with van der Waals surface area (Å²) in [5, 5.41) is 13.8. The predicted octanol–water partition coefficient (Wildman–Crippen LogP) is 2.35. The molecule has 1 aliphatic heterocycles.